The van der Waals surface area contributed by atoms with Crippen molar-refractivity contribution in [2.75, 3.05) is 13.7 Å². The number of carboxylic acid groups (broad SMARTS) is 1. The van der Waals surface area contributed by atoms with Crippen LogP contribution in [-0.4, -0.2) is 47.7 Å². The Bertz CT molecular complexity index is 319. The Morgan fingerprint density at radius 3 is 2.67 bits per heavy atom. The average molecular weight is 255 g/mol. The summed E-state index contributed by atoms with van der Waals surface area (Å²) >= 11 is 0. The Kier molecular flexibility index (Phi) is 4.22. The molecule has 0 aromatic rings. The summed E-state index contributed by atoms with van der Waals surface area (Å²) in [6, 6.07) is 0.114. The van der Waals surface area contributed by atoms with Crippen molar-refractivity contribution in [2.45, 2.75) is 50.7 Å². The zero-order valence-corrected chi connectivity index (χ0v) is 10.8. The molecule has 0 bridgehead atoms. The molecule has 102 valence electrons. The SMILES string of the molecule is CN(C(=O)CCC1CCCO1)C1CC(C(=O)O)C1. The smallest absolute Gasteiger partial charge is 0.306 e. The van der Waals surface area contributed by atoms with Crippen LogP contribution in [-0.2, 0) is 14.3 Å². The van der Waals surface area contributed by atoms with Gasteiger partial charge in [0.05, 0.1) is 12.0 Å². The molecule has 0 aromatic carbocycles. The van der Waals surface area contributed by atoms with Crippen molar-refractivity contribution < 1.29 is 19.4 Å². The monoisotopic (exact) mass is 255 g/mol. The van der Waals surface area contributed by atoms with Crippen LogP contribution in [0.4, 0.5) is 0 Å². The first-order valence-electron chi connectivity index (χ1n) is 6.68. The Morgan fingerprint density at radius 2 is 2.11 bits per heavy atom. The number of carboxylic acids is 1. The summed E-state index contributed by atoms with van der Waals surface area (Å²) in [4.78, 5) is 24.3. The summed E-state index contributed by atoms with van der Waals surface area (Å²) in [6.45, 7) is 0.817. The average Bonchev–Trinajstić information content (AvgIpc) is 2.75. The first kappa shape index (κ1) is 13.3. The van der Waals surface area contributed by atoms with E-state index < -0.39 is 5.97 Å². The molecule has 1 saturated carbocycles. The lowest BCUT2D eigenvalue weighted by atomic mass is 9.79. The van der Waals surface area contributed by atoms with Crippen molar-refractivity contribution in [1.29, 1.82) is 0 Å². The van der Waals surface area contributed by atoms with E-state index in [9.17, 15) is 9.59 Å². The predicted octanol–water partition coefficient (Wildman–Crippen LogP) is 1.27. The third-order valence-corrected chi connectivity index (χ3v) is 4.11. The van der Waals surface area contributed by atoms with E-state index in [1.165, 1.54) is 0 Å². The Balaban J connectivity index is 1.67. The van der Waals surface area contributed by atoms with Crippen LogP contribution in [0, 0.1) is 5.92 Å². The Hall–Kier alpha value is -1.10. The van der Waals surface area contributed by atoms with Gasteiger partial charge in [-0.25, -0.2) is 0 Å². The van der Waals surface area contributed by atoms with Crippen LogP contribution in [0.2, 0.25) is 0 Å². The van der Waals surface area contributed by atoms with E-state index in [-0.39, 0.29) is 24.0 Å². The molecule has 1 aliphatic heterocycles. The molecule has 1 unspecified atom stereocenters. The molecule has 5 heteroatoms. The van der Waals surface area contributed by atoms with E-state index in [4.69, 9.17) is 9.84 Å². The molecule has 2 fully saturated rings. The van der Waals surface area contributed by atoms with Crippen LogP contribution in [0.3, 0.4) is 0 Å². The Morgan fingerprint density at radius 1 is 1.39 bits per heavy atom. The van der Waals surface area contributed by atoms with Gasteiger partial charge >= 0.3 is 5.97 Å². The maximum Gasteiger partial charge on any atom is 0.306 e. The normalized spacial score (nSPS) is 30.8. The zero-order chi connectivity index (χ0) is 13.1. The first-order chi connectivity index (χ1) is 8.58. The fourth-order valence-corrected chi connectivity index (χ4v) is 2.64. The number of nitrogens with zero attached hydrogens (tertiary/aromatic N) is 1. The summed E-state index contributed by atoms with van der Waals surface area (Å²) < 4.78 is 5.48. The molecular weight excluding hydrogens is 234 g/mol. The van der Waals surface area contributed by atoms with Gasteiger partial charge < -0.3 is 14.7 Å². The fraction of sp³-hybridized carbons (Fsp3) is 0.846. The van der Waals surface area contributed by atoms with E-state index >= 15 is 0 Å². The van der Waals surface area contributed by atoms with Crippen molar-refractivity contribution in [1.82, 2.24) is 4.90 Å². The maximum absolute atomic E-state index is 11.9. The molecule has 1 amide bonds. The van der Waals surface area contributed by atoms with Gasteiger partial charge in [0.25, 0.3) is 0 Å². The predicted molar refractivity (Wildman–Crippen MR) is 65.1 cm³/mol. The number of hydrogen-bond donors (Lipinski definition) is 1. The van der Waals surface area contributed by atoms with Gasteiger partial charge in [-0.1, -0.05) is 0 Å². The quantitative estimate of drug-likeness (QED) is 0.803. The molecule has 1 saturated heterocycles. The van der Waals surface area contributed by atoms with Gasteiger partial charge in [0.15, 0.2) is 0 Å². The lowest BCUT2D eigenvalue weighted by molar-refractivity contribution is -0.150. The molecule has 18 heavy (non-hydrogen) atoms. The molecule has 0 spiro atoms. The van der Waals surface area contributed by atoms with Crippen LogP contribution < -0.4 is 0 Å². The number of carbonyl (C=O) groups is 2. The largest absolute Gasteiger partial charge is 0.481 e. The van der Waals surface area contributed by atoms with E-state index in [0.717, 1.165) is 25.9 Å². The highest BCUT2D eigenvalue weighted by Crippen LogP contribution is 2.31. The molecule has 0 aromatic heterocycles. The molecule has 0 radical (unpaired) electrons. The van der Waals surface area contributed by atoms with Crippen molar-refractivity contribution in [2.24, 2.45) is 5.92 Å². The van der Waals surface area contributed by atoms with E-state index in [1.54, 1.807) is 11.9 Å². The molecule has 2 aliphatic rings. The van der Waals surface area contributed by atoms with Crippen LogP contribution in [0.15, 0.2) is 0 Å². The van der Waals surface area contributed by atoms with Crippen molar-refractivity contribution in [3.05, 3.63) is 0 Å². The molecule has 1 aliphatic carbocycles. The molecule has 1 N–H and O–H groups in total. The molecule has 1 atom stereocenters. The number of rotatable bonds is 5. The fourth-order valence-electron chi connectivity index (χ4n) is 2.64. The highest BCUT2D eigenvalue weighted by atomic mass is 16.5. The summed E-state index contributed by atoms with van der Waals surface area (Å²) in [5.74, 6) is -0.894. The molecule has 5 nitrogen and oxygen atoms in total. The zero-order valence-electron chi connectivity index (χ0n) is 10.8. The van der Waals surface area contributed by atoms with Gasteiger partial charge in [0.2, 0.25) is 5.91 Å². The molecular formula is C13H21NO4. The first-order valence-corrected chi connectivity index (χ1v) is 6.68. The van der Waals surface area contributed by atoms with E-state index in [1.807, 2.05) is 0 Å². The van der Waals surface area contributed by atoms with Gasteiger partial charge in [-0.2, -0.15) is 0 Å². The number of hydrogen-bond acceptors (Lipinski definition) is 3. The van der Waals surface area contributed by atoms with Crippen molar-refractivity contribution in [3.63, 3.8) is 0 Å². The van der Waals surface area contributed by atoms with Crippen molar-refractivity contribution >= 4 is 11.9 Å². The minimum atomic E-state index is -0.744. The second-order valence-corrected chi connectivity index (χ2v) is 5.34. The number of ether oxygens (including phenoxy) is 1. The topological polar surface area (TPSA) is 66.8 Å². The van der Waals surface area contributed by atoms with Crippen LogP contribution in [0.5, 0.6) is 0 Å². The number of carbonyl (C=O) groups excluding carboxylic acids is 1. The summed E-state index contributed by atoms with van der Waals surface area (Å²) in [5.41, 5.74) is 0. The minimum Gasteiger partial charge on any atom is -0.481 e. The second kappa shape index (κ2) is 5.69. The summed E-state index contributed by atoms with van der Waals surface area (Å²) in [7, 11) is 1.78. The van der Waals surface area contributed by atoms with Gasteiger partial charge in [-0.3, -0.25) is 9.59 Å². The van der Waals surface area contributed by atoms with Gasteiger partial charge in [0, 0.05) is 26.1 Å². The number of aliphatic carboxylic acids is 1. The highest BCUT2D eigenvalue weighted by Gasteiger charge is 2.38. The van der Waals surface area contributed by atoms with Crippen LogP contribution in [0.1, 0.15) is 38.5 Å². The second-order valence-electron chi connectivity index (χ2n) is 5.34. The van der Waals surface area contributed by atoms with E-state index in [2.05, 4.69) is 0 Å². The third-order valence-electron chi connectivity index (χ3n) is 4.11. The third kappa shape index (κ3) is 3.02. The summed E-state index contributed by atoms with van der Waals surface area (Å²) in [5, 5.41) is 8.80. The molecule has 2 rings (SSSR count). The van der Waals surface area contributed by atoms with Crippen LogP contribution >= 0.6 is 0 Å². The van der Waals surface area contributed by atoms with E-state index in [0.29, 0.717) is 19.3 Å². The highest BCUT2D eigenvalue weighted by molar-refractivity contribution is 5.77. The van der Waals surface area contributed by atoms with Crippen LogP contribution in [0.25, 0.3) is 0 Å². The van der Waals surface area contributed by atoms with Gasteiger partial charge in [0.1, 0.15) is 0 Å². The Labute approximate surface area is 107 Å². The maximum atomic E-state index is 11.9. The van der Waals surface area contributed by atoms with Crippen molar-refractivity contribution in [3.8, 4) is 0 Å². The standard InChI is InChI=1S/C13H21NO4/c1-14(10-7-9(8-10)13(16)17)12(15)5-4-11-3-2-6-18-11/h9-11H,2-8H2,1H3,(H,16,17). The summed E-state index contributed by atoms with van der Waals surface area (Å²) in [6.07, 6.45) is 4.89. The minimum absolute atomic E-state index is 0.110. The van der Waals surface area contributed by atoms with Gasteiger partial charge in [-0.05, 0) is 32.1 Å². The number of amides is 1. The van der Waals surface area contributed by atoms with Gasteiger partial charge in [-0.15, -0.1) is 0 Å². The molecule has 1 heterocycles. The lowest BCUT2D eigenvalue weighted by Gasteiger charge is -2.39. The lowest BCUT2D eigenvalue weighted by Crippen LogP contribution is -2.47.